The van der Waals surface area contributed by atoms with E-state index in [0.29, 0.717) is 18.0 Å². The Hall–Kier alpha value is -1.68. The highest BCUT2D eigenvalue weighted by Crippen LogP contribution is 2.21. The summed E-state index contributed by atoms with van der Waals surface area (Å²) >= 11 is 0. The first-order valence-electron chi connectivity index (χ1n) is 7.13. The van der Waals surface area contributed by atoms with Crippen LogP contribution in [0.15, 0.2) is 36.5 Å². The smallest absolute Gasteiger partial charge is 0.127 e. The van der Waals surface area contributed by atoms with Crippen molar-refractivity contribution in [2.45, 2.75) is 39.3 Å². The van der Waals surface area contributed by atoms with Crippen LogP contribution in [-0.4, -0.2) is 16.3 Å². The van der Waals surface area contributed by atoms with Crippen LogP contribution in [0.1, 0.15) is 44.1 Å². The van der Waals surface area contributed by atoms with Crippen molar-refractivity contribution < 1.29 is 4.39 Å². The van der Waals surface area contributed by atoms with E-state index in [1.807, 2.05) is 36.0 Å². The van der Waals surface area contributed by atoms with Crippen LogP contribution in [0.3, 0.4) is 0 Å². The molecule has 0 radical (unpaired) electrons. The van der Waals surface area contributed by atoms with Crippen LogP contribution in [0.5, 0.6) is 0 Å². The summed E-state index contributed by atoms with van der Waals surface area (Å²) in [4.78, 5) is 0. The minimum Gasteiger partial charge on any atom is -0.310 e. The van der Waals surface area contributed by atoms with E-state index >= 15 is 0 Å². The lowest BCUT2D eigenvalue weighted by molar-refractivity contribution is 0.490. The molecule has 2 aromatic rings. The Balaban J connectivity index is 2.19. The van der Waals surface area contributed by atoms with E-state index in [2.05, 4.69) is 24.3 Å². The predicted octanol–water partition coefficient (Wildman–Crippen LogP) is 3.50. The molecule has 0 amide bonds. The topological polar surface area (TPSA) is 29.9 Å². The van der Waals surface area contributed by atoms with Gasteiger partial charge in [-0.05, 0) is 32.5 Å². The Morgan fingerprint density at radius 2 is 2.00 bits per heavy atom. The monoisotopic (exact) mass is 275 g/mol. The zero-order valence-corrected chi connectivity index (χ0v) is 12.3. The first kappa shape index (κ1) is 14.7. The van der Waals surface area contributed by atoms with Gasteiger partial charge in [-0.2, -0.15) is 5.10 Å². The Morgan fingerprint density at radius 1 is 1.25 bits per heavy atom. The van der Waals surface area contributed by atoms with E-state index in [0.717, 1.165) is 12.2 Å². The van der Waals surface area contributed by atoms with E-state index < -0.39 is 0 Å². The molecular formula is C16H22FN3. The first-order valence-corrected chi connectivity index (χ1v) is 7.13. The molecule has 4 heteroatoms. The fraction of sp³-hybridized carbons (Fsp3) is 0.438. The maximum absolute atomic E-state index is 13.9. The van der Waals surface area contributed by atoms with E-state index in [-0.39, 0.29) is 11.9 Å². The van der Waals surface area contributed by atoms with Crippen molar-refractivity contribution in [2.75, 3.05) is 6.54 Å². The molecule has 0 bridgehead atoms. The van der Waals surface area contributed by atoms with Gasteiger partial charge in [0.25, 0.3) is 0 Å². The molecule has 1 aromatic heterocycles. The third kappa shape index (κ3) is 3.45. The van der Waals surface area contributed by atoms with Crippen molar-refractivity contribution in [3.05, 3.63) is 53.6 Å². The number of hydrogen-bond acceptors (Lipinski definition) is 2. The molecule has 0 aliphatic heterocycles. The standard InChI is InChI=1S/C16H22FN3/c1-4-18-16(14-7-5-6-8-15(14)17)11-13-9-10-20(19-13)12(2)3/h5-10,12,16,18H,4,11H2,1-3H3. The summed E-state index contributed by atoms with van der Waals surface area (Å²) in [6, 6.07) is 9.23. The second-order valence-electron chi connectivity index (χ2n) is 5.22. The number of halogens is 1. The van der Waals surface area contributed by atoms with Crippen LogP contribution < -0.4 is 5.32 Å². The van der Waals surface area contributed by atoms with Gasteiger partial charge in [-0.3, -0.25) is 4.68 Å². The first-order chi connectivity index (χ1) is 9.61. The van der Waals surface area contributed by atoms with Gasteiger partial charge in [-0.25, -0.2) is 4.39 Å². The van der Waals surface area contributed by atoms with E-state index in [1.54, 1.807) is 6.07 Å². The molecule has 1 N–H and O–H groups in total. The largest absolute Gasteiger partial charge is 0.310 e. The summed E-state index contributed by atoms with van der Waals surface area (Å²) in [6.45, 7) is 7.01. The lowest BCUT2D eigenvalue weighted by Gasteiger charge is -2.18. The molecule has 1 heterocycles. The maximum atomic E-state index is 13.9. The van der Waals surface area contributed by atoms with Gasteiger partial charge < -0.3 is 5.32 Å². The minimum absolute atomic E-state index is 0.0447. The highest BCUT2D eigenvalue weighted by atomic mass is 19.1. The van der Waals surface area contributed by atoms with Crippen LogP contribution in [0.4, 0.5) is 4.39 Å². The van der Waals surface area contributed by atoms with E-state index in [4.69, 9.17) is 0 Å². The van der Waals surface area contributed by atoms with Crippen molar-refractivity contribution in [2.24, 2.45) is 0 Å². The van der Waals surface area contributed by atoms with Gasteiger partial charge in [0, 0.05) is 30.3 Å². The Bertz CT molecular complexity index is 548. The Kier molecular flexibility index (Phi) is 4.90. The van der Waals surface area contributed by atoms with Crippen molar-refractivity contribution in [3.63, 3.8) is 0 Å². The fourth-order valence-corrected chi connectivity index (χ4v) is 2.28. The van der Waals surface area contributed by atoms with E-state index in [1.165, 1.54) is 6.07 Å². The zero-order valence-electron chi connectivity index (χ0n) is 12.3. The van der Waals surface area contributed by atoms with Gasteiger partial charge in [0.05, 0.1) is 5.69 Å². The molecule has 0 saturated carbocycles. The predicted molar refractivity (Wildman–Crippen MR) is 79.1 cm³/mol. The molecule has 0 aliphatic carbocycles. The normalized spacial score (nSPS) is 12.8. The number of rotatable bonds is 6. The summed E-state index contributed by atoms with van der Waals surface area (Å²) in [5.74, 6) is -0.165. The van der Waals surface area contributed by atoms with Crippen LogP contribution in [0, 0.1) is 5.82 Å². The summed E-state index contributed by atoms with van der Waals surface area (Å²) < 4.78 is 15.9. The molecule has 1 atom stereocenters. The molecule has 0 fully saturated rings. The maximum Gasteiger partial charge on any atom is 0.127 e. The highest BCUT2D eigenvalue weighted by Gasteiger charge is 2.16. The number of hydrogen-bond donors (Lipinski definition) is 1. The van der Waals surface area contributed by atoms with Crippen molar-refractivity contribution in [3.8, 4) is 0 Å². The Morgan fingerprint density at radius 3 is 2.60 bits per heavy atom. The molecule has 0 saturated heterocycles. The molecule has 0 spiro atoms. The number of nitrogens with one attached hydrogen (secondary N) is 1. The van der Waals surface area contributed by atoms with Crippen LogP contribution in [0.2, 0.25) is 0 Å². The van der Waals surface area contributed by atoms with Gasteiger partial charge in [-0.15, -0.1) is 0 Å². The van der Waals surface area contributed by atoms with Crippen LogP contribution >= 0.6 is 0 Å². The lowest BCUT2D eigenvalue weighted by Crippen LogP contribution is -2.24. The van der Waals surface area contributed by atoms with Gasteiger partial charge in [0.1, 0.15) is 5.82 Å². The summed E-state index contributed by atoms with van der Waals surface area (Å²) in [5, 5.41) is 7.88. The average Bonchev–Trinajstić information content (AvgIpc) is 2.88. The van der Waals surface area contributed by atoms with Gasteiger partial charge >= 0.3 is 0 Å². The van der Waals surface area contributed by atoms with Gasteiger partial charge in [0.15, 0.2) is 0 Å². The molecule has 1 aromatic carbocycles. The number of likely N-dealkylation sites (N-methyl/N-ethyl adjacent to an activating group) is 1. The van der Waals surface area contributed by atoms with Crippen molar-refractivity contribution in [1.29, 1.82) is 0 Å². The molecule has 2 rings (SSSR count). The minimum atomic E-state index is -0.165. The number of benzene rings is 1. The van der Waals surface area contributed by atoms with Gasteiger partial charge in [0.2, 0.25) is 0 Å². The molecule has 108 valence electrons. The summed E-state index contributed by atoms with van der Waals surface area (Å²) in [7, 11) is 0. The molecule has 1 unspecified atom stereocenters. The number of aromatic nitrogens is 2. The summed E-state index contributed by atoms with van der Waals surface area (Å²) in [5.41, 5.74) is 1.68. The van der Waals surface area contributed by atoms with Crippen LogP contribution in [0.25, 0.3) is 0 Å². The third-order valence-electron chi connectivity index (χ3n) is 3.34. The lowest BCUT2D eigenvalue weighted by atomic mass is 10.0. The van der Waals surface area contributed by atoms with Crippen molar-refractivity contribution in [1.82, 2.24) is 15.1 Å². The number of nitrogens with zero attached hydrogens (tertiary/aromatic N) is 2. The third-order valence-corrected chi connectivity index (χ3v) is 3.34. The SMILES string of the molecule is CCNC(Cc1ccn(C(C)C)n1)c1ccccc1F. The van der Waals surface area contributed by atoms with Crippen molar-refractivity contribution >= 4 is 0 Å². The molecule has 3 nitrogen and oxygen atoms in total. The summed E-state index contributed by atoms with van der Waals surface area (Å²) in [6.07, 6.45) is 2.67. The highest BCUT2D eigenvalue weighted by molar-refractivity contribution is 5.23. The second kappa shape index (κ2) is 6.66. The quantitative estimate of drug-likeness (QED) is 0.874. The van der Waals surface area contributed by atoms with Crippen LogP contribution in [-0.2, 0) is 6.42 Å². The van der Waals surface area contributed by atoms with Gasteiger partial charge in [-0.1, -0.05) is 25.1 Å². The zero-order chi connectivity index (χ0) is 14.5. The molecule has 0 aliphatic rings. The Labute approximate surface area is 119 Å². The molecular weight excluding hydrogens is 253 g/mol. The van der Waals surface area contributed by atoms with E-state index in [9.17, 15) is 4.39 Å². The second-order valence-corrected chi connectivity index (χ2v) is 5.22. The fourth-order valence-electron chi connectivity index (χ4n) is 2.28. The molecule has 20 heavy (non-hydrogen) atoms. The average molecular weight is 275 g/mol.